The van der Waals surface area contributed by atoms with Crippen molar-refractivity contribution in [1.82, 2.24) is 0 Å². The second-order valence-electron chi connectivity index (χ2n) is 19.9. The van der Waals surface area contributed by atoms with Crippen LogP contribution in [0.25, 0.3) is 75.5 Å². The number of rotatable bonds is 10. The van der Waals surface area contributed by atoms with Crippen LogP contribution in [0.5, 0.6) is 0 Å². The SMILES string of the molecule is c1ccc(-c2ccc(N(c3ccccc3)c3cc4c(c5c3oc3ccccc35)-c3c(cc(N(c5ccccc5)c5ccc(-c6ccccc6)cc5)c5c3sc3ccccc35)C4(c3ccccc3)c3ccccc3)cc2)cc1. The number of benzene rings is 12. The number of anilines is 6. The van der Waals surface area contributed by atoms with Crippen molar-refractivity contribution in [3.63, 3.8) is 0 Å². The number of hydrogen-bond donors (Lipinski definition) is 0. The fourth-order valence-electron chi connectivity index (χ4n) is 12.4. The predicted molar refractivity (Wildman–Crippen MR) is 324 cm³/mol. The van der Waals surface area contributed by atoms with Gasteiger partial charge in [-0.3, -0.25) is 0 Å². The summed E-state index contributed by atoms with van der Waals surface area (Å²) in [5.41, 5.74) is 19.1. The van der Waals surface area contributed by atoms with E-state index in [1.54, 1.807) is 0 Å². The average Bonchev–Trinajstić information content (AvgIpc) is 3.59. The molecule has 0 N–H and O–H groups in total. The van der Waals surface area contributed by atoms with Gasteiger partial charge >= 0.3 is 0 Å². The molecule has 2 heterocycles. The maximum atomic E-state index is 7.36. The first kappa shape index (κ1) is 44.7. The van der Waals surface area contributed by atoms with Gasteiger partial charge in [-0.2, -0.15) is 0 Å². The van der Waals surface area contributed by atoms with E-state index in [-0.39, 0.29) is 0 Å². The summed E-state index contributed by atoms with van der Waals surface area (Å²) >= 11 is 1.90. The second-order valence-corrected chi connectivity index (χ2v) is 20.9. The molecule has 0 unspecified atom stereocenters. The van der Waals surface area contributed by atoms with Gasteiger partial charge in [-0.15, -0.1) is 11.3 Å². The summed E-state index contributed by atoms with van der Waals surface area (Å²) in [4.78, 5) is 4.89. The topological polar surface area (TPSA) is 19.6 Å². The molecule has 0 saturated carbocycles. The third-order valence-corrected chi connectivity index (χ3v) is 16.9. The van der Waals surface area contributed by atoms with Crippen LogP contribution in [0.3, 0.4) is 0 Å². The summed E-state index contributed by atoms with van der Waals surface area (Å²) < 4.78 is 9.84. The van der Waals surface area contributed by atoms with Crippen LogP contribution in [-0.4, -0.2) is 0 Å². The minimum Gasteiger partial charge on any atom is -0.454 e. The maximum absolute atomic E-state index is 7.36. The van der Waals surface area contributed by atoms with Gasteiger partial charge in [0.15, 0.2) is 5.58 Å². The van der Waals surface area contributed by atoms with Crippen molar-refractivity contribution in [2.24, 2.45) is 0 Å². The summed E-state index contributed by atoms with van der Waals surface area (Å²) in [7, 11) is 0. The summed E-state index contributed by atoms with van der Waals surface area (Å²) in [5.74, 6) is 0. The largest absolute Gasteiger partial charge is 0.454 e. The fourth-order valence-corrected chi connectivity index (χ4v) is 13.7. The summed E-state index contributed by atoms with van der Waals surface area (Å²) in [6.07, 6.45) is 0. The van der Waals surface area contributed by atoms with E-state index in [1.807, 2.05) is 11.3 Å². The monoisotopic (exact) mass is 1000 g/mol. The third kappa shape index (κ3) is 7.10. The van der Waals surface area contributed by atoms with E-state index >= 15 is 0 Å². The summed E-state index contributed by atoms with van der Waals surface area (Å²) in [6.45, 7) is 0. The molecule has 77 heavy (non-hydrogen) atoms. The Morgan fingerprint density at radius 2 is 0.727 bits per heavy atom. The Bertz CT molecular complexity index is 4420. The number of furan rings is 1. The van der Waals surface area contributed by atoms with Gasteiger partial charge in [0.1, 0.15) is 5.58 Å². The maximum Gasteiger partial charge on any atom is 0.160 e. The molecule has 2 aromatic heterocycles. The number of fused-ring (bicyclic) bond motifs is 11. The quantitative estimate of drug-likeness (QED) is 0.136. The molecule has 0 spiro atoms. The molecule has 0 fully saturated rings. The molecule has 0 saturated heterocycles. The van der Waals surface area contributed by atoms with Crippen molar-refractivity contribution in [3.8, 4) is 33.4 Å². The molecule has 3 nitrogen and oxygen atoms in total. The lowest BCUT2D eigenvalue weighted by atomic mass is 9.67. The van der Waals surface area contributed by atoms with E-state index in [4.69, 9.17) is 4.42 Å². The number of thiophene rings is 1. The van der Waals surface area contributed by atoms with Crippen LogP contribution in [0.2, 0.25) is 0 Å². The number of hydrogen-bond acceptors (Lipinski definition) is 4. The highest BCUT2D eigenvalue weighted by molar-refractivity contribution is 7.26. The van der Waals surface area contributed by atoms with Crippen LogP contribution in [0, 0.1) is 0 Å². The first-order valence-corrected chi connectivity index (χ1v) is 27.1. The zero-order valence-electron chi connectivity index (χ0n) is 41.9. The van der Waals surface area contributed by atoms with Gasteiger partial charge < -0.3 is 14.2 Å². The van der Waals surface area contributed by atoms with E-state index in [0.29, 0.717) is 0 Å². The molecule has 1 aliphatic rings. The molecule has 0 radical (unpaired) electrons. The number of para-hydroxylation sites is 3. The van der Waals surface area contributed by atoms with E-state index < -0.39 is 5.41 Å². The third-order valence-electron chi connectivity index (χ3n) is 15.7. The Labute approximate surface area is 451 Å². The molecule has 0 amide bonds. The van der Waals surface area contributed by atoms with Gasteiger partial charge in [0.2, 0.25) is 0 Å². The Morgan fingerprint density at radius 1 is 0.325 bits per heavy atom. The molecule has 14 aromatic rings. The van der Waals surface area contributed by atoms with Crippen LogP contribution in [0.4, 0.5) is 34.1 Å². The fraction of sp³-hybridized carbons (Fsp3) is 0.0137. The van der Waals surface area contributed by atoms with Crippen molar-refractivity contribution in [1.29, 1.82) is 0 Å². The molecular formula is C73H48N2OS. The molecule has 4 heteroatoms. The van der Waals surface area contributed by atoms with Crippen molar-refractivity contribution < 1.29 is 4.42 Å². The average molecular weight is 1000 g/mol. The Hall–Kier alpha value is -9.74. The van der Waals surface area contributed by atoms with Crippen LogP contribution in [-0.2, 0) is 5.41 Å². The van der Waals surface area contributed by atoms with Crippen molar-refractivity contribution >= 4 is 87.6 Å². The molecule has 362 valence electrons. The predicted octanol–water partition coefficient (Wildman–Crippen LogP) is 20.6. The first-order valence-electron chi connectivity index (χ1n) is 26.3. The Kier molecular flexibility index (Phi) is 10.6. The summed E-state index contributed by atoms with van der Waals surface area (Å²) in [6, 6.07) is 106. The highest BCUT2D eigenvalue weighted by Crippen LogP contribution is 2.65. The van der Waals surface area contributed by atoms with Crippen molar-refractivity contribution in [2.75, 3.05) is 9.80 Å². The van der Waals surface area contributed by atoms with Gasteiger partial charge in [-0.25, -0.2) is 0 Å². The van der Waals surface area contributed by atoms with Crippen molar-refractivity contribution in [3.05, 3.63) is 313 Å². The lowest BCUT2D eigenvalue weighted by Crippen LogP contribution is -2.29. The van der Waals surface area contributed by atoms with Crippen molar-refractivity contribution in [2.45, 2.75) is 5.41 Å². The van der Waals surface area contributed by atoms with Gasteiger partial charge in [-0.05, 0) is 117 Å². The molecule has 0 atom stereocenters. The van der Waals surface area contributed by atoms with Gasteiger partial charge in [-0.1, -0.05) is 218 Å². The van der Waals surface area contributed by atoms with E-state index in [0.717, 1.165) is 61.6 Å². The minimum absolute atomic E-state index is 0.813. The smallest absolute Gasteiger partial charge is 0.160 e. The van der Waals surface area contributed by atoms with Crippen LogP contribution in [0.15, 0.2) is 296 Å². The normalized spacial score (nSPS) is 12.5. The molecular weight excluding hydrogens is 953 g/mol. The zero-order valence-corrected chi connectivity index (χ0v) is 42.7. The number of nitrogens with zero attached hydrogens (tertiary/aromatic N) is 2. The van der Waals surface area contributed by atoms with Crippen LogP contribution >= 0.6 is 11.3 Å². The Balaban J connectivity index is 1.10. The first-order chi connectivity index (χ1) is 38.2. The second kappa shape index (κ2) is 18.3. The Morgan fingerprint density at radius 3 is 1.27 bits per heavy atom. The molecule has 1 aliphatic carbocycles. The van der Waals surface area contributed by atoms with Crippen LogP contribution in [0.1, 0.15) is 22.3 Å². The van der Waals surface area contributed by atoms with E-state index in [1.165, 1.54) is 70.2 Å². The lowest BCUT2D eigenvalue weighted by molar-refractivity contribution is 0.668. The standard InChI is InChI=1S/C73H48N2OS/c1-7-23-49(24-8-1)51-39-43-57(44-40-51)74(55-31-15-5-16-32-55)63-47-62-70(72-67(63)60-36-20-22-38-66(60)77-72)69-61(73(62,53-27-11-3-12-28-53)54-29-13-4-14-30-54)48-64(71-68(69)59-35-19-21-37-65(59)76-71)75(56-33-17-6-18-34-56)58-45-41-52(42-46-58)50-25-9-2-10-26-50/h1-48H. The van der Waals surface area contributed by atoms with E-state index in [2.05, 4.69) is 301 Å². The molecule has 0 bridgehead atoms. The lowest BCUT2D eigenvalue weighted by Gasteiger charge is -2.36. The zero-order chi connectivity index (χ0) is 50.9. The highest BCUT2D eigenvalue weighted by Gasteiger charge is 2.50. The van der Waals surface area contributed by atoms with Gasteiger partial charge in [0.05, 0.1) is 16.8 Å². The van der Waals surface area contributed by atoms with E-state index in [9.17, 15) is 0 Å². The molecule has 15 rings (SSSR count). The van der Waals surface area contributed by atoms with Gasteiger partial charge in [0.25, 0.3) is 0 Å². The minimum atomic E-state index is -0.813. The molecule has 12 aromatic carbocycles. The van der Waals surface area contributed by atoms with Crippen LogP contribution < -0.4 is 9.80 Å². The molecule has 0 aliphatic heterocycles. The highest BCUT2D eigenvalue weighted by atomic mass is 32.1. The summed E-state index contributed by atoms with van der Waals surface area (Å²) in [5, 5.41) is 4.63. The van der Waals surface area contributed by atoms with Gasteiger partial charge in [0, 0.05) is 64.8 Å².